The van der Waals surface area contributed by atoms with Crippen molar-refractivity contribution in [3.8, 4) is 23.0 Å². The van der Waals surface area contributed by atoms with Gasteiger partial charge in [-0.25, -0.2) is 4.39 Å². The first-order valence-electron chi connectivity index (χ1n) is 14.7. The van der Waals surface area contributed by atoms with Crippen LogP contribution in [0.5, 0.6) is 11.8 Å². The second-order valence-electron chi connectivity index (χ2n) is 11.8. The number of nitrogens with zero attached hydrogens (tertiary/aromatic N) is 5. The van der Waals surface area contributed by atoms with E-state index in [1.807, 2.05) is 24.3 Å². The van der Waals surface area contributed by atoms with Gasteiger partial charge in [0, 0.05) is 56.1 Å². The number of aromatic nitrogens is 3. The Kier molecular flexibility index (Phi) is 6.16. The molecule has 4 saturated heterocycles. The lowest BCUT2D eigenvalue weighted by Crippen LogP contribution is -2.51. The molecule has 4 fully saturated rings. The van der Waals surface area contributed by atoms with Gasteiger partial charge in [-0.2, -0.15) is 9.97 Å². The molecule has 4 aromatic rings. The van der Waals surface area contributed by atoms with Gasteiger partial charge in [0.2, 0.25) is 0 Å². The van der Waals surface area contributed by atoms with Crippen LogP contribution in [0.4, 0.5) is 10.2 Å². The fraction of sp³-hybridized carbons (Fsp3) is 0.452. The number of likely N-dealkylation sites (tertiary alicyclic amines) is 1. The number of phenols is 1. The number of halogens is 1. The molecule has 3 unspecified atom stereocenters. The summed E-state index contributed by atoms with van der Waals surface area (Å²) in [5.41, 5.74) is 0.848. The maximum Gasteiger partial charge on any atom is 0.319 e. The molecule has 2 aromatic carbocycles. The number of benzene rings is 2. The monoisotopic (exact) mass is 556 g/mol. The lowest BCUT2D eigenvalue weighted by Gasteiger charge is -2.34. The Hall–Kier alpha value is -3.60. The predicted molar refractivity (Wildman–Crippen MR) is 154 cm³/mol. The average Bonchev–Trinajstić information content (AvgIpc) is 3.70. The van der Waals surface area contributed by atoms with E-state index in [0.717, 1.165) is 69.2 Å². The fourth-order valence-corrected chi connectivity index (χ4v) is 7.16. The average molecular weight is 557 g/mol. The number of phenolic OH excluding ortho intramolecular Hbond substituents is 1. The molecule has 9 nitrogen and oxygen atoms in total. The van der Waals surface area contributed by atoms with Gasteiger partial charge in [-0.15, -0.1) is 0 Å². The SMILES string of the molecule is Oc1cc(-c2ncc3c(N4CC5CCC(C4)N5)nc(OCCCN4C[C@@H]5CC4CO5)nc3c2F)c2ccccc2c1. The minimum absolute atomic E-state index is 0.0569. The van der Waals surface area contributed by atoms with Crippen molar-refractivity contribution < 1.29 is 19.0 Å². The Labute approximate surface area is 237 Å². The zero-order valence-electron chi connectivity index (χ0n) is 22.8. The predicted octanol–water partition coefficient (Wildman–Crippen LogP) is 3.87. The fourth-order valence-electron chi connectivity index (χ4n) is 7.16. The van der Waals surface area contributed by atoms with Crippen LogP contribution < -0.4 is 15.0 Å². The molecule has 10 heteroatoms. The van der Waals surface area contributed by atoms with Crippen LogP contribution in [0.3, 0.4) is 0 Å². The number of aromatic hydroxyl groups is 1. The molecule has 2 N–H and O–H groups in total. The van der Waals surface area contributed by atoms with Gasteiger partial charge in [-0.05, 0) is 48.6 Å². The summed E-state index contributed by atoms with van der Waals surface area (Å²) in [7, 11) is 0. The topological polar surface area (TPSA) is 95.9 Å². The third-order valence-corrected chi connectivity index (χ3v) is 9.10. The molecule has 0 radical (unpaired) electrons. The molecule has 0 spiro atoms. The molecular weight excluding hydrogens is 523 g/mol. The molecule has 41 heavy (non-hydrogen) atoms. The van der Waals surface area contributed by atoms with Gasteiger partial charge in [0.05, 0.1) is 24.7 Å². The van der Waals surface area contributed by atoms with E-state index in [4.69, 9.17) is 14.5 Å². The first-order chi connectivity index (χ1) is 20.1. The van der Waals surface area contributed by atoms with Crippen molar-refractivity contribution in [1.82, 2.24) is 25.2 Å². The molecule has 4 aliphatic rings. The van der Waals surface area contributed by atoms with E-state index in [2.05, 4.69) is 25.1 Å². The summed E-state index contributed by atoms with van der Waals surface area (Å²) in [5, 5.41) is 16.2. The molecule has 0 aliphatic carbocycles. The minimum atomic E-state index is -0.544. The van der Waals surface area contributed by atoms with Crippen molar-refractivity contribution in [2.45, 2.75) is 49.9 Å². The number of rotatable bonds is 7. The van der Waals surface area contributed by atoms with Crippen molar-refractivity contribution in [2.24, 2.45) is 0 Å². The zero-order valence-corrected chi connectivity index (χ0v) is 22.8. The molecular formula is C31H33FN6O3. The number of nitrogens with one attached hydrogen (secondary N) is 1. The molecule has 4 bridgehead atoms. The Morgan fingerprint density at radius 1 is 1.07 bits per heavy atom. The van der Waals surface area contributed by atoms with Crippen LogP contribution in [0.1, 0.15) is 25.7 Å². The summed E-state index contributed by atoms with van der Waals surface area (Å²) < 4.78 is 28.3. The largest absolute Gasteiger partial charge is 0.508 e. The summed E-state index contributed by atoms with van der Waals surface area (Å²) in [6.07, 6.45) is 6.23. The van der Waals surface area contributed by atoms with E-state index in [0.29, 0.717) is 47.6 Å². The van der Waals surface area contributed by atoms with Crippen molar-refractivity contribution >= 4 is 27.5 Å². The summed E-state index contributed by atoms with van der Waals surface area (Å²) in [6.45, 7) is 4.77. The molecule has 4 aliphatic heterocycles. The van der Waals surface area contributed by atoms with E-state index < -0.39 is 5.82 Å². The number of morpholine rings is 1. The van der Waals surface area contributed by atoms with Crippen molar-refractivity contribution in [2.75, 3.05) is 44.3 Å². The lowest BCUT2D eigenvalue weighted by molar-refractivity contribution is 0.0287. The van der Waals surface area contributed by atoms with Crippen LogP contribution in [-0.4, -0.2) is 88.6 Å². The van der Waals surface area contributed by atoms with Gasteiger partial charge < -0.3 is 24.8 Å². The number of piperazine rings is 1. The van der Waals surface area contributed by atoms with Crippen LogP contribution in [0.2, 0.25) is 0 Å². The standard InChI is InChI=1S/C31H33FN6O3/c32-27-28(25-12-22(39)10-18-4-1-2-5-24(18)25)33-13-26-29(27)35-31(36-30(26)38-14-19-6-7-20(15-38)34-19)40-9-3-8-37-16-23-11-21(37)17-41-23/h1-2,4-5,10,12-13,19-21,23,34,39H,3,6-9,11,14-17H2/t19?,20?,21?,23-/m0/s1. The number of hydrogen-bond donors (Lipinski definition) is 2. The highest BCUT2D eigenvalue weighted by Gasteiger charge is 2.38. The second-order valence-corrected chi connectivity index (χ2v) is 11.8. The highest BCUT2D eigenvalue weighted by atomic mass is 19.1. The smallest absolute Gasteiger partial charge is 0.319 e. The van der Waals surface area contributed by atoms with Gasteiger partial charge in [-0.3, -0.25) is 9.88 Å². The lowest BCUT2D eigenvalue weighted by atomic mass is 10.0. The first-order valence-corrected chi connectivity index (χ1v) is 14.7. The molecule has 0 amide bonds. The summed E-state index contributed by atoms with van der Waals surface area (Å²) >= 11 is 0. The maximum absolute atomic E-state index is 16.4. The molecule has 212 valence electrons. The van der Waals surface area contributed by atoms with Gasteiger partial charge in [0.15, 0.2) is 5.82 Å². The number of ether oxygens (including phenoxy) is 2. The third-order valence-electron chi connectivity index (χ3n) is 9.10. The molecule has 4 atom stereocenters. The van der Waals surface area contributed by atoms with Crippen molar-refractivity contribution in [1.29, 1.82) is 0 Å². The van der Waals surface area contributed by atoms with E-state index >= 15 is 4.39 Å². The molecule has 8 rings (SSSR count). The van der Waals surface area contributed by atoms with Crippen molar-refractivity contribution in [3.05, 3.63) is 48.4 Å². The number of anilines is 1. The van der Waals surface area contributed by atoms with E-state index in [9.17, 15) is 5.11 Å². The van der Waals surface area contributed by atoms with E-state index in [1.165, 1.54) is 0 Å². The number of fused-ring (bicyclic) bond motifs is 6. The van der Waals surface area contributed by atoms with E-state index in [-0.39, 0.29) is 23.0 Å². The van der Waals surface area contributed by atoms with Crippen LogP contribution in [0, 0.1) is 5.82 Å². The minimum Gasteiger partial charge on any atom is -0.508 e. The zero-order chi connectivity index (χ0) is 27.5. The summed E-state index contributed by atoms with van der Waals surface area (Å²) in [4.78, 5) is 18.7. The Morgan fingerprint density at radius 2 is 1.93 bits per heavy atom. The van der Waals surface area contributed by atoms with Gasteiger partial charge in [0.1, 0.15) is 22.8 Å². The normalized spacial score (nSPS) is 25.5. The van der Waals surface area contributed by atoms with Crippen LogP contribution in [0.15, 0.2) is 42.6 Å². The van der Waals surface area contributed by atoms with Gasteiger partial charge >= 0.3 is 6.01 Å². The van der Waals surface area contributed by atoms with Crippen molar-refractivity contribution in [3.63, 3.8) is 0 Å². The number of pyridine rings is 1. The van der Waals surface area contributed by atoms with Gasteiger partial charge in [-0.1, -0.05) is 24.3 Å². The Balaban J connectivity index is 1.15. The first kappa shape index (κ1) is 25.1. The highest BCUT2D eigenvalue weighted by Crippen LogP contribution is 2.37. The second kappa shape index (κ2) is 10.0. The van der Waals surface area contributed by atoms with Crippen LogP contribution in [0.25, 0.3) is 32.9 Å². The van der Waals surface area contributed by atoms with Crippen LogP contribution >= 0.6 is 0 Å². The Bertz CT molecular complexity index is 1620. The third kappa shape index (κ3) is 4.54. The molecule has 2 aromatic heterocycles. The molecule has 6 heterocycles. The quantitative estimate of drug-likeness (QED) is 0.329. The number of hydrogen-bond acceptors (Lipinski definition) is 9. The Morgan fingerprint density at radius 3 is 2.73 bits per heavy atom. The summed E-state index contributed by atoms with van der Waals surface area (Å²) in [5.74, 6) is 0.176. The van der Waals surface area contributed by atoms with E-state index in [1.54, 1.807) is 18.3 Å². The van der Waals surface area contributed by atoms with Gasteiger partial charge in [0.25, 0.3) is 0 Å². The highest BCUT2D eigenvalue weighted by molar-refractivity contribution is 5.99. The van der Waals surface area contributed by atoms with Crippen LogP contribution in [-0.2, 0) is 4.74 Å². The molecule has 0 saturated carbocycles. The summed E-state index contributed by atoms with van der Waals surface area (Å²) in [6, 6.07) is 12.3. The maximum atomic E-state index is 16.4.